The number of hydrogen-bond acceptors (Lipinski definition) is 3. The predicted molar refractivity (Wildman–Crippen MR) is 53.5 cm³/mol. The Hall–Kier alpha value is -0.450. The van der Waals surface area contributed by atoms with E-state index in [4.69, 9.17) is 22.2 Å². The Morgan fingerprint density at radius 1 is 1.58 bits per heavy atom. The van der Waals surface area contributed by atoms with E-state index in [2.05, 4.69) is 21.4 Å². The molecule has 66 valence electrons. The standard InChI is InChI=1S/C7H8BrClN2O/c1-12-7-3-6(11-10)4(8)2-5(7)9/h2-3,11H,10H2,1H3. The largest absolute Gasteiger partial charge is 0.495 e. The van der Waals surface area contributed by atoms with Gasteiger partial charge in [-0.05, 0) is 22.0 Å². The van der Waals surface area contributed by atoms with Gasteiger partial charge in [-0.1, -0.05) is 11.6 Å². The van der Waals surface area contributed by atoms with Crippen molar-refractivity contribution >= 4 is 33.2 Å². The Morgan fingerprint density at radius 2 is 2.25 bits per heavy atom. The SMILES string of the molecule is COc1cc(NN)c(Br)cc1Cl. The van der Waals surface area contributed by atoms with E-state index in [1.54, 1.807) is 19.2 Å². The molecule has 0 saturated carbocycles. The van der Waals surface area contributed by atoms with Gasteiger partial charge < -0.3 is 10.2 Å². The molecule has 0 unspecified atom stereocenters. The number of methoxy groups -OCH3 is 1. The van der Waals surface area contributed by atoms with Crippen LogP contribution in [-0.4, -0.2) is 7.11 Å². The Bertz CT molecular complexity index is 268. The zero-order chi connectivity index (χ0) is 9.14. The number of anilines is 1. The molecule has 1 rings (SSSR count). The number of halogens is 2. The van der Waals surface area contributed by atoms with Crippen LogP contribution in [0.3, 0.4) is 0 Å². The zero-order valence-electron chi connectivity index (χ0n) is 6.40. The Balaban J connectivity index is 3.18. The molecule has 0 aliphatic rings. The van der Waals surface area contributed by atoms with Gasteiger partial charge in [0.15, 0.2) is 0 Å². The normalized spacial score (nSPS) is 9.67. The first-order valence-corrected chi connectivity index (χ1v) is 4.35. The van der Waals surface area contributed by atoms with Crippen LogP contribution in [-0.2, 0) is 0 Å². The summed E-state index contributed by atoms with van der Waals surface area (Å²) in [7, 11) is 1.55. The van der Waals surface area contributed by atoms with Gasteiger partial charge in [0.25, 0.3) is 0 Å². The van der Waals surface area contributed by atoms with E-state index in [0.29, 0.717) is 10.8 Å². The van der Waals surface area contributed by atoms with Crippen LogP contribution in [0.25, 0.3) is 0 Å². The average molecular weight is 252 g/mol. The maximum absolute atomic E-state index is 5.83. The highest BCUT2D eigenvalue weighted by atomic mass is 79.9. The summed E-state index contributed by atoms with van der Waals surface area (Å²) < 4.78 is 5.80. The van der Waals surface area contributed by atoms with E-state index in [1.165, 1.54) is 0 Å². The second-order valence-corrected chi connectivity index (χ2v) is 3.37. The summed E-state index contributed by atoms with van der Waals surface area (Å²) in [6, 6.07) is 3.43. The number of nitrogens with two attached hydrogens (primary N) is 1. The number of benzene rings is 1. The van der Waals surface area contributed by atoms with Crippen molar-refractivity contribution in [2.45, 2.75) is 0 Å². The molecular formula is C7H8BrClN2O. The van der Waals surface area contributed by atoms with Crippen LogP contribution in [0, 0.1) is 0 Å². The van der Waals surface area contributed by atoms with Crippen LogP contribution in [0.4, 0.5) is 5.69 Å². The number of ether oxygens (including phenoxy) is 1. The van der Waals surface area contributed by atoms with E-state index in [-0.39, 0.29) is 0 Å². The van der Waals surface area contributed by atoms with Crippen molar-refractivity contribution in [3.8, 4) is 5.75 Å². The molecule has 0 aromatic heterocycles. The molecule has 12 heavy (non-hydrogen) atoms. The Labute approximate surface area is 83.9 Å². The van der Waals surface area contributed by atoms with Gasteiger partial charge in [-0.15, -0.1) is 0 Å². The summed E-state index contributed by atoms with van der Waals surface area (Å²) in [6.45, 7) is 0. The van der Waals surface area contributed by atoms with Gasteiger partial charge in [0, 0.05) is 10.5 Å². The van der Waals surface area contributed by atoms with Gasteiger partial charge in [0.2, 0.25) is 0 Å². The molecule has 1 aromatic carbocycles. The minimum atomic E-state index is 0.545. The maximum atomic E-state index is 5.83. The highest BCUT2D eigenvalue weighted by Gasteiger charge is 2.05. The first-order chi connectivity index (χ1) is 5.69. The molecular weight excluding hydrogens is 243 g/mol. The summed E-state index contributed by atoms with van der Waals surface area (Å²) in [5, 5.41) is 0.545. The van der Waals surface area contributed by atoms with Crippen molar-refractivity contribution in [2.24, 2.45) is 5.84 Å². The maximum Gasteiger partial charge on any atom is 0.139 e. The quantitative estimate of drug-likeness (QED) is 0.627. The van der Waals surface area contributed by atoms with Crippen LogP contribution < -0.4 is 16.0 Å². The fourth-order valence-electron chi connectivity index (χ4n) is 0.796. The van der Waals surface area contributed by atoms with E-state index >= 15 is 0 Å². The first kappa shape index (κ1) is 9.64. The molecule has 0 saturated heterocycles. The van der Waals surface area contributed by atoms with Crippen LogP contribution in [0.5, 0.6) is 5.75 Å². The van der Waals surface area contributed by atoms with Crippen molar-refractivity contribution in [1.29, 1.82) is 0 Å². The summed E-state index contributed by atoms with van der Waals surface area (Å²) in [4.78, 5) is 0. The van der Waals surface area contributed by atoms with Gasteiger partial charge in [-0.25, -0.2) is 0 Å². The third-order valence-corrected chi connectivity index (χ3v) is 2.35. The topological polar surface area (TPSA) is 47.3 Å². The number of nitrogens with one attached hydrogen (secondary N) is 1. The lowest BCUT2D eigenvalue weighted by atomic mass is 10.3. The van der Waals surface area contributed by atoms with Crippen molar-refractivity contribution in [1.82, 2.24) is 0 Å². The van der Waals surface area contributed by atoms with Gasteiger partial charge in [0.05, 0.1) is 17.8 Å². The minimum absolute atomic E-state index is 0.545. The smallest absolute Gasteiger partial charge is 0.139 e. The molecule has 0 bridgehead atoms. The van der Waals surface area contributed by atoms with E-state index in [9.17, 15) is 0 Å². The highest BCUT2D eigenvalue weighted by molar-refractivity contribution is 9.10. The van der Waals surface area contributed by atoms with Gasteiger partial charge in [-0.3, -0.25) is 5.84 Å². The highest BCUT2D eigenvalue weighted by Crippen LogP contribution is 2.33. The second kappa shape index (κ2) is 3.98. The molecule has 0 fully saturated rings. The van der Waals surface area contributed by atoms with Crippen LogP contribution in [0.2, 0.25) is 5.02 Å². The number of rotatable bonds is 2. The monoisotopic (exact) mass is 250 g/mol. The predicted octanol–water partition coefficient (Wildman–Crippen LogP) is 2.40. The fourth-order valence-corrected chi connectivity index (χ4v) is 1.63. The molecule has 0 radical (unpaired) electrons. The molecule has 5 heteroatoms. The van der Waals surface area contributed by atoms with Crippen LogP contribution in [0.15, 0.2) is 16.6 Å². The van der Waals surface area contributed by atoms with E-state index in [1.807, 2.05) is 0 Å². The van der Waals surface area contributed by atoms with E-state index in [0.717, 1.165) is 10.2 Å². The summed E-state index contributed by atoms with van der Waals surface area (Å²) in [5.41, 5.74) is 3.24. The number of hydrogen-bond donors (Lipinski definition) is 2. The first-order valence-electron chi connectivity index (χ1n) is 3.18. The lowest BCUT2D eigenvalue weighted by Gasteiger charge is -2.07. The summed E-state index contributed by atoms with van der Waals surface area (Å²) >= 11 is 9.12. The Kier molecular flexibility index (Phi) is 3.20. The zero-order valence-corrected chi connectivity index (χ0v) is 8.74. The number of hydrazine groups is 1. The summed E-state index contributed by atoms with van der Waals surface area (Å²) in [5.74, 6) is 5.84. The molecule has 3 N–H and O–H groups in total. The van der Waals surface area contributed by atoms with E-state index < -0.39 is 0 Å². The van der Waals surface area contributed by atoms with Crippen molar-refractivity contribution < 1.29 is 4.74 Å². The van der Waals surface area contributed by atoms with Crippen molar-refractivity contribution in [3.63, 3.8) is 0 Å². The average Bonchev–Trinajstić information content (AvgIpc) is 2.05. The van der Waals surface area contributed by atoms with Crippen LogP contribution in [0.1, 0.15) is 0 Å². The molecule has 1 aromatic rings. The fraction of sp³-hybridized carbons (Fsp3) is 0.143. The molecule has 0 spiro atoms. The molecule has 0 amide bonds. The van der Waals surface area contributed by atoms with Gasteiger partial charge in [0.1, 0.15) is 5.75 Å². The molecule has 0 heterocycles. The van der Waals surface area contributed by atoms with Crippen molar-refractivity contribution in [3.05, 3.63) is 21.6 Å². The number of nitrogen functional groups attached to an aromatic ring is 1. The third kappa shape index (κ3) is 1.83. The summed E-state index contributed by atoms with van der Waals surface area (Å²) in [6.07, 6.45) is 0. The second-order valence-electron chi connectivity index (χ2n) is 2.11. The molecule has 0 aliphatic heterocycles. The molecule has 0 aliphatic carbocycles. The third-order valence-electron chi connectivity index (χ3n) is 1.40. The van der Waals surface area contributed by atoms with Crippen LogP contribution >= 0.6 is 27.5 Å². The molecule has 0 atom stereocenters. The molecule has 3 nitrogen and oxygen atoms in total. The lowest BCUT2D eigenvalue weighted by molar-refractivity contribution is 0.415. The minimum Gasteiger partial charge on any atom is -0.495 e. The van der Waals surface area contributed by atoms with Crippen molar-refractivity contribution in [2.75, 3.05) is 12.5 Å². The lowest BCUT2D eigenvalue weighted by Crippen LogP contribution is -2.07. The Morgan fingerprint density at radius 3 is 2.75 bits per heavy atom. The van der Waals surface area contributed by atoms with Gasteiger partial charge in [-0.2, -0.15) is 0 Å². The van der Waals surface area contributed by atoms with Gasteiger partial charge >= 0.3 is 0 Å².